The second-order valence-electron chi connectivity index (χ2n) is 10.2. The number of carbonyl (C=O) groups excluding carboxylic acids is 1. The highest BCUT2D eigenvalue weighted by atomic mass is 35.5. The number of fused-ring (bicyclic) bond motifs is 1. The Morgan fingerprint density at radius 2 is 1.92 bits per heavy atom. The van der Waals surface area contributed by atoms with Gasteiger partial charge < -0.3 is 21.5 Å². The van der Waals surface area contributed by atoms with Crippen LogP contribution in [0.4, 0.5) is 17.6 Å². The molecule has 2 aliphatic rings. The fraction of sp³-hybridized carbons (Fsp3) is 0.480. The zero-order valence-corrected chi connectivity index (χ0v) is 21.9. The minimum absolute atomic E-state index is 0.00749. The average Bonchev–Trinajstić information content (AvgIpc) is 3.44. The van der Waals surface area contributed by atoms with E-state index in [0.29, 0.717) is 76.5 Å². The Bertz CT molecular complexity index is 1370. The Morgan fingerprint density at radius 1 is 1.22 bits per heavy atom. The molecule has 2 atom stereocenters. The predicted molar refractivity (Wildman–Crippen MR) is 142 cm³/mol. The topological polar surface area (TPSA) is 155 Å². The van der Waals surface area contributed by atoms with Crippen molar-refractivity contribution in [2.45, 2.75) is 70.1 Å². The number of rotatable bonds is 6. The lowest BCUT2D eigenvalue weighted by atomic mass is 9.73. The number of aliphatic hydroxyl groups is 1. The van der Waals surface area contributed by atoms with Crippen LogP contribution in [0.3, 0.4) is 0 Å². The summed E-state index contributed by atoms with van der Waals surface area (Å²) in [4.78, 5) is 26.0. The number of aromatic nitrogens is 4. The molecule has 5 N–H and O–H groups in total. The van der Waals surface area contributed by atoms with Gasteiger partial charge in [-0.3, -0.25) is 9.36 Å². The van der Waals surface area contributed by atoms with E-state index in [-0.39, 0.29) is 24.1 Å². The second-order valence-corrected chi connectivity index (χ2v) is 11.0. The Balaban J connectivity index is 1.54. The normalized spacial score (nSPS) is 25.6. The molecule has 0 aliphatic heterocycles. The standard InChI is InChI=1S/C25H28Cl2N8O2/c1-25(22(29)37)6-4-15(5-7-25)35-21-19(12-30-23(34-21)31-14-2-3-16(36)10-14)32-24(35)33-20-17(26)8-13(11-28)9-18(20)27/h8-9,12,14-16,36H,2-7,10H2,1H3,(H2,29,37)(H,32,33)(H,30,31,34)/t14-,15-,16-,25-/m1/s1. The van der Waals surface area contributed by atoms with Gasteiger partial charge in [0.2, 0.25) is 17.8 Å². The molecule has 1 aromatic carbocycles. The van der Waals surface area contributed by atoms with Gasteiger partial charge >= 0.3 is 0 Å². The highest BCUT2D eigenvalue weighted by molar-refractivity contribution is 6.39. The van der Waals surface area contributed by atoms with Crippen molar-refractivity contribution in [1.82, 2.24) is 19.5 Å². The number of nitrogens with one attached hydrogen (secondary N) is 2. The monoisotopic (exact) mass is 542 g/mol. The fourth-order valence-electron chi connectivity index (χ4n) is 5.28. The molecule has 5 rings (SSSR count). The molecule has 0 saturated heterocycles. The maximum Gasteiger partial charge on any atom is 0.224 e. The molecule has 194 valence electrons. The molecule has 2 fully saturated rings. The number of benzene rings is 1. The maximum absolute atomic E-state index is 12.0. The van der Waals surface area contributed by atoms with Crippen molar-refractivity contribution in [2.24, 2.45) is 11.1 Å². The van der Waals surface area contributed by atoms with Gasteiger partial charge in [0.15, 0.2) is 5.65 Å². The van der Waals surface area contributed by atoms with Gasteiger partial charge in [0.25, 0.3) is 0 Å². The number of hydrogen-bond acceptors (Lipinski definition) is 8. The van der Waals surface area contributed by atoms with E-state index in [9.17, 15) is 15.2 Å². The molecule has 3 aromatic rings. The molecule has 2 saturated carbocycles. The van der Waals surface area contributed by atoms with Gasteiger partial charge in [0, 0.05) is 17.5 Å². The van der Waals surface area contributed by atoms with Crippen LogP contribution in [0.5, 0.6) is 0 Å². The van der Waals surface area contributed by atoms with Crippen molar-refractivity contribution in [3.63, 3.8) is 0 Å². The van der Waals surface area contributed by atoms with E-state index in [1.54, 1.807) is 18.3 Å². The number of nitrogens with two attached hydrogens (primary N) is 1. The van der Waals surface area contributed by atoms with E-state index < -0.39 is 5.41 Å². The third kappa shape index (κ3) is 5.04. The Kier molecular flexibility index (Phi) is 6.88. The summed E-state index contributed by atoms with van der Waals surface area (Å²) in [6.07, 6.45) is 6.28. The van der Waals surface area contributed by atoms with Crippen LogP contribution in [0.2, 0.25) is 10.0 Å². The summed E-state index contributed by atoms with van der Waals surface area (Å²) in [5.74, 6) is 0.661. The number of imidazole rings is 1. The molecule has 12 heteroatoms. The van der Waals surface area contributed by atoms with Crippen LogP contribution >= 0.6 is 23.2 Å². The quantitative estimate of drug-likeness (QED) is 0.349. The first-order valence-corrected chi connectivity index (χ1v) is 13.1. The summed E-state index contributed by atoms with van der Waals surface area (Å²) in [6.45, 7) is 1.91. The van der Waals surface area contributed by atoms with E-state index in [0.717, 1.165) is 12.8 Å². The average molecular weight is 543 g/mol. The van der Waals surface area contributed by atoms with E-state index in [2.05, 4.69) is 15.6 Å². The molecule has 2 aliphatic carbocycles. The van der Waals surface area contributed by atoms with Crippen LogP contribution in [-0.4, -0.2) is 42.7 Å². The predicted octanol–water partition coefficient (Wildman–Crippen LogP) is 4.68. The summed E-state index contributed by atoms with van der Waals surface area (Å²) >= 11 is 12.9. The summed E-state index contributed by atoms with van der Waals surface area (Å²) < 4.78 is 2.01. The first kappa shape index (κ1) is 25.5. The molecule has 10 nitrogen and oxygen atoms in total. The number of primary amides is 1. The van der Waals surface area contributed by atoms with Gasteiger partial charge in [-0.1, -0.05) is 30.1 Å². The van der Waals surface area contributed by atoms with Crippen LogP contribution in [-0.2, 0) is 4.79 Å². The van der Waals surface area contributed by atoms with Crippen LogP contribution in [0.25, 0.3) is 11.2 Å². The van der Waals surface area contributed by atoms with Crippen molar-refractivity contribution in [3.8, 4) is 6.07 Å². The fourth-order valence-corrected chi connectivity index (χ4v) is 5.86. The van der Waals surface area contributed by atoms with Crippen LogP contribution in [0, 0.1) is 16.7 Å². The smallest absolute Gasteiger partial charge is 0.224 e. The van der Waals surface area contributed by atoms with Crippen molar-refractivity contribution < 1.29 is 9.90 Å². The number of amides is 1. The highest BCUT2D eigenvalue weighted by Crippen LogP contribution is 2.43. The Hall–Kier alpha value is -3.13. The third-order valence-corrected chi connectivity index (χ3v) is 8.19. The Morgan fingerprint density at radius 3 is 2.51 bits per heavy atom. The first-order chi connectivity index (χ1) is 17.7. The lowest BCUT2D eigenvalue weighted by molar-refractivity contribution is -0.128. The van der Waals surface area contributed by atoms with Crippen molar-refractivity contribution in [3.05, 3.63) is 33.9 Å². The van der Waals surface area contributed by atoms with Gasteiger partial charge in [0.1, 0.15) is 5.52 Å². The zero-order chi connectivity index (χ0) is 26.3. The molecule has 2 heterocycles. The summed E-state index contributed by atoms with van der Waals surface area (Å²) in [6, 6.07) is 5.22. The van der Waals surface area contributed by atoms with E-state index >= 15 is 0 Å². The molecule has 1 amide bonds. The highest BCUT2D eigenvalue weighted by Gasteiger charge is 2.38. The number of aliphatic hydroxyl groups excluding tert-OH is 1. The molecule has 0 radical (unpaired) electrons. The minimum Gasteiger partial charge on any atom is -0.393 e. The minimum atomic E-state index is -0.550. The number of nitrogens with zero attached hydrogens (tertiary/aromatic N) is 5. The van der Waals surface area contributed by atoms with Crippen LogP contribution in [0.15, 0.2) is 18.3 Å². The first-order valence-electron chi connectivity index (χ1n) is 12.3. The van der Waals surface area contributed by atoms with Crippen molar-refractivity contribution in [1.29, 1.82) is 5.26 Å². The number of nitriles is 1. The van der Waals surface area contributed by atoms with Crippen LogP contribution in [0.1, 0.15) is 63.5 Å². The molecule has 0 unspecified atom stereocenters. The summed E-state index contributed by atoms with van der Waals surface area (Å²) in [5, 5.41) is 26.3. The van der Waals surface area contributed by atoms with E-state index in [4.69, 9.17) is 38.9 Å². The largest absolute Gasteiger partial charge is 0.393 e. The maximum atomic E-state index is 12.0. The van der Waals surface area contributed by atoms with Crippen molar-refractivity contribution in [2.75, 3.05) is 10.6 Å². The lowest BCUT2D eigenvalue weighted by Crippen LogP contribution is -2.38. The second kappa shape index (κ2) is 9.97. The SMILES string of the molecule is C[C@]1(C(N)=O)CC[C@H](n2c(Nc3c(Cl)cc(C#N)cc3Cl)nc3cnc(N[C@@H]4CC[C@@H](O)C4)nc32)CC1. The van der Waals surface area contributed by atoms with Gasteiger partial charge in [0.05, 0.1) is 39.7 Å². The Labute approximate surface area is 224 Å². The van der Waals surface area contributed by atoms with Gasteiger partial charge in [-0.2, -0.15) is 10.2 Å². The number of carbonyl (C=O) groups is 1. The number of anilines is 3. The zero-order valence-electron chi connectivity index (χ0n) is 20.3. The summed E-state index contributed by atoms with van der Waals surface area (Å²) in [5.41, 5.74) is 7.14. The van der Waals surface area contributed by atoms with Crippen molar-refractivity contribution >= 4 is 57.9 Å². The van der Waals surface area contributed by atoms with Crippen LogP contribution < -0.4 is 16.4 Å². The molecule has 37 heavy (non-hydrogen) atoms. The number of hydrogen-bond donors (Lipinski definition) is 4. The molecular weight excluding hydrogens is 515 g/mol. The van der Waals surface area contributed by atoms with Gasteiger partial charge in [-0.15, -0.1) is 0 Å². The van der Waals surface area contributed by atoms with E-state index in [1.165, 1.54) is 0 Å². The van der Waals surface area contributed by atoms with Gasteiger partial charge in [-0.05, 0) is 57.1 Å². The van der Waals surface area contributed by atoms with Gasteiger partial charge in [-0.25, -0.2) is 9.97 Å². The molecule has 2 aromatic heterocycles. The van der Waals surface area contributed by atoms with E-state index in [1.807, 2.05) is 17.6 Å². The molecular formula is C25H28Cl2N8O2. The molecule has 0 spiro atoms. The molecule has 0 bridgehead atoms. The third-order valence-electron chi connectivity index (χ3n) is 7.60. The number of halogens is 2. The summed E-state index contributed by atoms with van der Waals surface area (Å²) in [7, 11) is 0. The lowest BCUT2D eigenvalue weighted by Gasteiger charge is -2.35.